The van der Waals surface area contributed by atoms with E-state index in [0.29, 0.717) is 22.0 Å². The van der Waals surface area contributed by atoms with Crippen LogP contribution in [0.1, 0.15) is 0 Å². The number of aromatic nitrogens is 2. The van der Waals surface area contributed by atoms with Crippen LogP contribution in [0.25, 0.3) is 22.5 Å². The van der Waals surface area contributed by atoms with Gasteiger partial charge in [0.05, 0.1) is 23.5 Å². The molecule has 0 radical (unpaired) electrons. The lowest BCUT2D eigenvalue weighted by Crippen LogP contribution is -1.99. The van der Waals surface area contributed by atoms with Crippen LogP contribution in [-0.2, 0) is 0 Å². The monoisotopic (exact) mass is 361 g/mol. The summed E-state index contributed by atoms with van der Waals surface area (Å²) in [6.07, 6.45) is 0. The van der Waals surface area contributed by atoms with Crippen LogP contribution in [-0.4, -0.2) is 22.2 Å². The number of aromatic hydroxyl groups is 1. The summed E-state index contributed by atoms with van der Waals surface area (Å²) in [5, 5.41) is 10.7. The molecule has 3 N–H and O–H groups in total. The fraction of sp³-hybridized carbons (Fsp3) is 0.0588. The number of rotatable bonds is 3. The van der Waals surface area contributed by atoms with Gasteiger partial charge in [-0.2, -0.15) is 0 Å². The minimum absolute atomic E-state index is 0.0776. The molecule has 0 unspecified atom stereocenters. The highest BCUT2D eigenvalue weighted by Crippen LogP contribution is 2.38. The molecule has 0 saturated heterocycles. The lowest BCUT2D eigenvalue weighted by atomic mass is 10.1. The zero-order valence-corrected chi connectivity index (χ0v) is 14.1. The largest absolute Gasteiger partial charge is 0.506 e. The first-order valence-corrected chi connectivity index (χ1v) is 7.71. The summed E-state index contributed by atoms with van der Waals surface area (Å²) < 4.78 is 5.14. The van der Waals surface area contributed by atoms with Gasteiger partial charge in [-0.05, 0) is 42.5 Å². The molecule has 0 aliphatic carbocycles. The van der Waals surface area contributed by atoms with Crippen LogP contribution in [0, 0.1) is 0 Å². The molecule has 1 heterocycles. The summed E-state index contributed by atoms with van der Waals surface area (Å²) in [5.74, 6) is 0.703. The highest BCUT2D eigenvalue weighted by atomic mass is 35.5. The number of hydrogen-bond donors (Lipinski definition) is 2. The Kier molecular flexibility index (Phi) is 4.46. The van der Waals surface area contributed by atoms with Crippen molar-refractivity contribution in [1.29, 1.82) is 0 Å². The van der Waals surface area contributed by atoms with Gasteiger partial charge in [0.1, 0.15) is 11.5 Å². The maximum Gasteiger partial charge on any atom is 0.221 e. The molecule has 7 heteroatoms. The van der Waals surface area contributed by atoms with E-state index in [-0.39, 0.29) is 16.7 Å². The lowest BCUT2D eigenvalue weighted by Gasteiger charge is -2.10. The van der Waals surface area contributed by atoms with Gasteiger partial charge in [0.15, 0.2) is 0 Å². The van der Waals surface area contributed by atoms with Gasteiger partial charge >= 0.3 is 0 Å². The van der Waals surface area contributed by atoms with Crippen molar-refractivity contribution in [3.8, 4) is 34.0 Å². The Morgan fingerprint density at radius 3 is 2.33 bits per heavy atom. The van der Waals surface area contributed by atoms with Crippen LogP contribution in [0.4, 0.5) is 5.95 Å². The van der Waals surface area contributed by atoms with E-state index in [9.17, 15) is 5.11 Å². The topological polar surface area (TPSA) is 81.3 Å². The third-order valence-corrected chi connectivity index (χ3v) is 3.94. The molecule has 3 rings (SSSR count). The molecule has 0 bridgehead atoms. The van der Waals surface area contributed by atoms with Crippen LogP contribution in [0.2, 0.25) is 10.0 Å². The van der Waals surface area contributed by atoms with E-state index in [1.54, 1.807) is 19.2 Å². The first kappa shape index (κ1) is 16.4. The molecule has 0 aliphatic rings. The molecule has 0 amide bonds. The first-order chi connectivity index (χ1) is 11.5. The molecular weight excluding hydrogens is 349 g/mol. The second-order valence-electron chi connectivity index (χ2n) is 5.01. The highest BCUT2D eigenvalue weighted by molar-refractivity contribution is 6.36. The minimum atomic E-state index is -0.111. The molecule has 0 spiro atoms. The summed E-state index contributed by atoms with van der Waals surface area (Å²) in [4.78, 5) is 8.41. The fourth-order valence-corrected chi connectivity index (χ4v) is 2.77. The summed E-state index contributed by atoms with van der Waals surface area (Å²) in [5.41, 5.74) is 8.07. The normalized spacial score (nSPS) is 10.6. The van der Waals surface area contributed by atoms with Crippen molar-refractivity contribution in [3.05, 3.63) is 52.5 Å². The van der Waals surface area contributed by atoms with Gasteiger partial charge in [-0.15, -0.1) is 0 Å². The third kappa shape index (κ3) is 3.22. The van der Waals surface area contributed by atoms with Crippen LogP contribution in [0.5, 0.6) is 11.5 Å². The summed E-state index contributed by atoms with van der Waals surface area (Å²) >= 11 is 12.0. The number of halogens is 2. The minimum Gasteiger partial charge on any atom is -0.506 e. The van der Waals surface area contributed by atoms with Gasteiger partial charge in [0, 0.05) is 16.1 Å². The van der Waals surface area contributed by atoms with Gasteiger partial charge in [-0.25, -0.2) is 9.97 Å². The van der Waals surface area contributed by atoms with E-state index in [1.165, 1.54) is 6.07 Å². The molecule has 0 atom stereocenters. The van der Waals surface area contributed by atoms with Crippen LogP contribution < -0.4 is 10.5 Å². The van der Waals surface area contributed by atoms with Crippen molar-refractivity contribution in [2.75, 3.05) is 12.8 Å². The van der Waals surface area contributed by atoms with E-state index in [2.05, 4.69) is 9.97 Å². The Bertz CT molecular complexity index is 899. The van der Waals surface area contributed by atoms with Crippen molar-refractivity contribution in [3.63, 3.8) is 0 Å². The Morgan fingerprint density at radius 1 is 1.00 bits per heavy atom. The molecule has 0 fully saturated rings. The smallest absolute Gasteiger partial charge is 0.221 e. The number of methoxy groups -OCH3 is 1. The van der Waals surface area contributed by atoms with Crippen molar-refractivity contribution in [2.24, 2.45) is 0 Å². The fourth-order valence-electron chi connectivity index (χ4n) is 2.27. The summed E-state index contributed by atoms with van der Waals surface area (Å²) in [6, 6.07) is 12.1. The molecule has 0 saturated carbocycles. The molecule has 5 nitrogen and oxygen atoms in total. The average Bonchev–Trinajstić information content (AvgIpc) is 2.57. The number of anilines is 1. The van der Waals surface area contributed by atoms with E-state index >= 15 is 0 Å². The van der Waals surface area contributed by atoms with Crippen molar-refractivity contribution >= 4 is 29.2 Å². The number of benzene rings is 2. The number of nitrogens with zero attached hydrogens (tertiary/aromatic N) is 2. The number of nitrogens with two attached hydrogens (primary N) is 1. The van der Waals surface area contributed by atoms with Crippen molar-refractivity contribution in [1.82, 2.24) is 9.97 Å². The molecular formula is C17H13Cl2N3O2. The predicted octanol–water partition coefficient (Wildman–Crippen LogP) is 4.41. The molecule has 122 valence electrons. The molecule has 1 aromatic heterocycles. The maximum atomic E-state index is 10.2. The average molecular weight is 362 g/mol. The van der Waals surface area contributed by atoms with E-state index in [0.717, 1.165) is 11.3 Å². The first-order valence-electron chi connectivity index (χ1n) is 6.95. The maximum absolute atomic E-state index is 10.2. The van der Waals surface area contributed by atoms with Crippen LogP contribution in [0.3, 0.4) is 0 Å². The lowest BCUT2D eigenvalue weighted by molar-refractivity contribution is 0.415. The Morgan fingerprint density at radius 2 is 1.67 bits per heavy atom. The van der Waals surface area contributed by atoms with Gasteiger partial charge in [0.2, 0.25) is 5.95 Å². The number of phenols is 1. The van der Waals surface area contributed by atoms with Gasteiger partial charge in [-0.3, -0.25) is 0 Å². The number of nitrogen functional groups attached to an aromatic ring is 1. The summed E-state index contributed by atoms with van der Waals surface area (Å²) in [7, 11) is 1.60. The van der Waals surface area contributed by atoms with E-state index in [1.807, 2.05) is 24.3 Å². The standard InChI is InChI=1S/C17H13Cl2N3O2/c1-24-11-4-2-9(3-5-11)14-8-15(22-17(20)21-14)12-6-10(18)7-13(19)16(12)23/h2-8,23H,1H3,(H2,20,21,22). The Balaban J connectivity index is 2.13. The predicted molar refractivity (Wildman–Crippen MR) is 95.6 cm³/mol. The molecule has 0 aliphatic heterocycles. The highest BCUT2D eigenvalue weighted by Gasteiger charge is 2.14. The number of ether oxygens (including phenoxy) is 1. The Hall–Kier alpha value is -2.50. The zero-order chi connectivity index (χ0) is 17.3. The van der Waals surface area contributed by atoms with Crippen molar-refractivity contribution in [2.45, 2.75) is 0 Å². The van der Waals surface area contributed by atoms with Crippen LogP contribution >= 0.6 is 23.2 Å². The SMILES string of the molecule is COc1ccc(-c2cc(-c3cc(Cl)cc(Cl)c3O)nc(N)n2)cc1. The van der Waals surface area contributed by atoms with Gasteiger partial charge in [-0.1, -0.05) is 23.2 Å². The third-order valence-electron chi connectivity index (χ3n) is 3.43. The van der Waals surface area contributed by atoms with Crippen LogP contribution in [0.15, 0.2) is 42.5 Å². The second kappa shape index (κ2) is 6.55. The molecule has 3 aromatic rings. The quantitative estimate of drug-likeness (QED) is 0.721. The van der Waals surface area contributed by atoms with Crippen molar-refractivity contribution < 1.29 is 9.84 Å². The number of hydrogen-bond acceptors (Lipinski definition) is 5. The van der Waals surface area contributed by atoms with Gasteiger partial charge < -0.3 is 15.6 Å². The van der Waals surface area contributed by atoms with E-state index < -0.39 is 0 Å². The zero-order valence-electron chi connectivity index (χ0n) is 12.6. The summed E-state index contributed by atoms with van der Waals surface area (Å²) in [6.45, 7) is 0. The van der Waals surface area contributed by atoms with Gasteiger partial charge in [0.25, 0.3) is 0 Å². The van der Waals surface area contributed by atoms with E-state index in [4.69, 9.17) is 33.7 Å². The second-order valence-corrected chi connectivity index (χ2v) is 5.85. The molecule has 2 aromatic carbocycles. The number of phenolic OH excluding ortho intramolecular Hbond substituents is 1. The molecule has 24 heavy (non-hydrogen) atoms. The Labute approximate surface area is 148 Å².